The summed E-state index contributed by atoms with van der Waals surface area (Å²) in [6, 6.07) is 5.91. The van der Waals surface area contributed by atoms with E-state index in [0.717, 1.165) is 5.56 Å². The zero-order valence-electron chi connectivity index (χ0n) is 12.2. The Labute approximate surface area is 123 Å². The van der Waals surface area contributed by atoms with Crippen molar-refractivity contribution in [3.05, 3.63) is 35.6 Å². The van der Waals surface area contributed by atoms with Gasteiger partial charge in [0, 0.05) is 13.7 Å². The Balaban J connectivity index is 1.91. The molecule has 1 fully saturated rings. The lowest BCUT2D eigenvalue weighted by atomic mass is 10.0. The van der Waals surface area contributed by atoms with Crippen molar-refractivity contribution in [3.8, 4) is 0 Å². The molecule has 6 heteroatoms. The van der Waals surface area contributed by atoms with Crippen molar-refractivity contribution < 1.29 is 18.7 Å². The van der Waals surface area contributed by atoms with Crippen LogP contribution in [0.1, 0.15) is 18.9 Å². The van der Waals surface area contributed by atoms with Crippen molar-refractivity contribution in [3.63, 3.8) is 0 Å². The third-order valence-corrected chi connectivity index (χ3v) is 3.51. The highest BCUT2D eigenvalue weighted by atomic mass is 19.1. The lowest BCUT2D eigenvalue weighted by molar-refractivity contribution is -0.132. The molecule has 114 valence electrons. The smallest absolute Gasteiger partial charge is 0.325 e. The maximum atomic E-state index is 13.1. The number of rotatable bonds is 6. The quantitative estimate of drug-likeness (QED) is 0.813. The van der Waals surface area contributed by atoms with Crippen molar-refractivity contribution >= 4 is 11.9 Å². The third kappa shape index (κ3) is 3.39. The number of nitrogens with zero attached hydrogens (tertiary/aromatic N) is 1. The fourth-order valence-electron chi connectivity index (χ4n) is 2.47. The predicted octanol–water partition coefficient (Wildman–Crippen LogP) is 1.72. The van der Waals surface area contributed by atoms with E-state index in [1.807, 2.05) is 6.07 Å². The van der Waals surface area contributed by atoms with Crippen LogP contribution in [0.5, 0.6) is 0 Å². The molecule has 1 aromatic carbocycles. The molecule has 1 aliphatic rings. The van der Waals surface area contributed by atoms with Gasteiger partial charge in [-0.2, -0.15) is 0 Å². The standard InChI is InChI=1S/C15H19FN2O3/c1-15(10-21-2)13(19)18(14(20)17-15)8-4-6-11-5-3-7-12(16)9-11/h3,5,7,9H,4,6,8,10H2,1-2H3,(H,17,20)/t15-/m1/s1. The zero-order chi connectivity index (χ0) is 15.5. The highest BCUT2D eigenvalue weighted by molar-refractivity contribution is 6.06. The number of urea groups is 1. The number of methoxy groups -OCH3 is 1. The van der Waals surface area contributed by atoms with Gasteiger partial charge in [-0.25, -0.2) is 9.18 Å². The second-order valence-electron chi connectivity index (χ2n) is 5.39. The maximum absolute atomic E-state index is 13.1. The lowest BCUT2D eigenvalue weighted by Crippen LogP contribution is -2.47. The molecule has 3 amide bonds. The van der Waals surface area contributed by atoms with Crippen LogP contribution < -0.4 is 5.32 Å². The highest BCUT2D eigenvalue weighted by Gasteiger charge is 2.47. The number of aryl methyl sites for hydroxylation is 1. The molecule has 0 bridgehead atoms. The molecule has 1 heterocycles. The molecular formula is C15H19FN2O3. The molecule has 0 unspecified atom stereocenters. The predicted molar refractivity (Wildman–Crippen MR) is 75.2 cm³/mol. The van der Waals surface area contributed by atoms with E-state index in [1.165, 1.54) is 24.1 Å². The molecule has 21 heavy (non-hydrogen) atoms. The summed E-state index contributed by atoms with van der Waals surface area (Å²) < 4.78 is 18.0. The van der Waals surface area contributed by atoms with Gasteiger partial charge in [0.25, 0.3) is 5.91 Å². The fourth-order valence-corrected chi connectivity index (χ4v) is 2.47. The molecule has 1 aliphatic heterocycles. The van der Waals surface area contributed by atoms with Crippen molar-refractivity contribution in [2.24, 2.45) is 0 Å². The summed E-state index contributed by atoms with van der Waals surface area (Å²) in [4.78, 5) is 25.3. The molecule has 0 radical (unpaired) electrons. The van der Waals surface area contributed by atoms with Gasteiger partial charge in [-0.1, -0.05) is 12.1 Å². The SMILES string of the molecule is COC[C@@]1(C)NC(=O)N(CCCc2cccc(F)c2)C1=O. The maximum Gasteiger partial charge on any atom is 0.325 e. The molecule has 1 N–H and O–H groups in total. The van der Waals surface area contributed by atoms with Crippen LogP contribution in [0.25, 0.3) is 0 Å². The van der Waals surface area contributed by atoms with E-state index in [9.17, 15) is 14.0 Å². The average molecular weight is 294 g/mol. The summed E-state index contributed by atoms with van der Waals surface area (Å²) >= 11 is 0. The van der Waals surface area contributed by atoms with Crippen molar-refractivity contribution in [2.45, 2.75) is 25.3 Å². The van der Waals surface area contributed by atoms with E-state index in [-0.39, 0.29) is 18.3 Å². The van der Waals surface area contributed by atoms with Crippen molar-refractivity contribution in [1.29, 1.82) is 0 Å². The zero-order valence-corrected chi connectivity index (χ0v) is 12.2. The normalized spacial score (nSPS) is 21.8. The number of hydrogen-bond acceptors (Lipinski definition) is 3. The minimum atomic E-state index is -0.995. The lowest BCUT2D eigenvalue weighted by Gasteiger charge is -2.20. The first kappa shape index (κ1) is 15.4. The van der Waals surface area contributed by atoms with Crippen molar-refractivity contribution in [2.75, 3.05) is 20.3 Å². The van der Waals surface area contributed by atoms with Crippen LogP contribution in [-0.4, -0.2) is 42.6 Å². The molecule has 5 nitrogen and oxygen atoms in total. The number of nitrogens with one attached hydrogen (secondary N) is 1. The van der Waals surface area contributed by atoms with Crippen LogP contribution in [0.4, 0.5) is 9.18 Å². The van der Waals surface area contributed by atoms with Crippen molar-refractivity contribution in [1.82, 2.24) is 10.2 Å². The number of amides is 3. The summed E-state index contributed by atoms with van der Waals surface area (Å²) in [6.45, 7) is 2.09. The second-order valence-corrected chi connectivity index (χ2v) is 5.39. The van der Waals surface area contributed by atoms with E-state index in [1.54, 1.807) is 13.0 Å². The van der Waals surface area contributed by atoms with Crippen LogP contribution in [0.2, 0.25) is 0 Å². The monoisotopic (exact) mass is 294 g/mol. The summed E-state index contributed by atoms with van der Waals surface area (Å²) in [5.74, 6) is -0.566. The van der Waals surface area contributed by atoms with Crippen LogP contribution >= 0.6 is 0 Å². The summed E-state index contributed by atoms with van der Waals surface area (Å²) in [5.41, 5.74) is -0.147. The van der Waals surface area contributed by atoms with Gasteiger partial charge < -0.3 is 10.1 Å². The molecule has 1 aromatic rings. The molecule has 0 aliphatic carbocycles. The van der Waals surface area contributed by atoms with Gasteiger partial charge in [-0.05, 0) is 37.5 Å². The number of hydrogen-bond donors (Lipinski definition) is 1. The van der Waals surface area contributed by atoms with Gasteiger partial charge in [0.15, 0.2) is 0 Å². The number of benzene rings is 1. The molecule has 2 rings (SSSR count). The van der Waals surface area contributed by atoms with Crippen LogP contribution in [0, 0.1) is 5.82 Å². The van der Waals surface area contributed by atoms with Gasteiger partial charge in [-0.3, -0.25) is 9.69 Å². The average Bonchev–Trinajstić information content (AvgIpc) is 2.62. The van der Waals surface area contributed by atoms with E-state index in [2.05, 4.69) is 5.32 Å². The number of imide groups is 1. The summed E-state index contributed by atoms with van der Waals surface area (Å²) in [6.07, 6.45) is 1.20. The van der Waals surface area contributed by atoms with Gasteiger partial charge >= 0.3 is 6.03 Å². The Kier molecular flexibility index (Phi) is 4.57. The minimum Gasteiger partial charge on any atom is -0.382 e. The third-order valence-electron chi connectivity index (χ3n) is 3.51. The molecule has 1 atom stereocenters. The van der Waals surface area contributed by atoms with E-state index < -0.39 is 11.6 Å². The Bertz CT molecular complexity index is 549. The number of ether oxygens (including phenoxy) is 1. The van der Waals surface area contributed by atoms with Crippen LogP contribution in [0.3, 0.4) is 0 Å². The van der Waals surface area contributed by atoms with Crippen LogP contribution in [0.15, 0.2) is 24.3 Å². The molecule has 0 aromatic heterocycles. The Morgan fingerprint density at radius 1 is 1.38 bits per heavy atom. The Morgan fingerprint density at radius 2 is 2.14 bits per heavy atom. The topological polar surface area (TPSA) is 58.6 Å². The molecule has 1 saturated heterocycles. The summed E-state index contributed by atoms with van der Waals surface area (Å²) in [5, 5.41) is 2.64. The van der Waals surface area contributed by atoms with E-state index >= 15 is 0 Å². The summed E-state index contributed by atoms with van der Waals surface area (Å²) in [7, 11) is 1.48. The highest BCUT2D eigenvalue weighted by Crippen LogP contribution is 2.18. The van der Waals surface area contributed by atoms with Crippen LogP contribution in [-0.2, 0) is 16.0 Å². The van der Waals surface area contributed by atoms with Gasteiger partial charge in [0.1, 0.15) is 11.4 Å². The number of carbonyl (C=O) groups excluding carboxylic acids is 2. The Hall–Kier alpha value is -1.95. The first-order valence-electron chi connectivity index (χ1n) is 6.84. The molecule has 0 saturated carbocycles. The fraction of sp³-hybridized carbons (Fsp3) is 0.467. The molecular weight excluding hydrogens is 275 g/mol. The second kappa shape index (κ2) is 6.22. The Morgan fingerprint density at radius 3 is 2.81 bits per heavy atom. The van der Waals surface area contributed by atoms with E-state index in [4.69, 9.17) is 4.74 Å². The number of carbonyl (C=O) groups is 2. The van der Waals surface area contributed by atoms with E-state index in [0.29, 0.717) is 19.4 Å². The van der Waals surface area contributed by atoms with Gasteiger partial charge in [0.05, 0.1) is 6.61 Å². The largest absolute Gasteiger partial charge is 0.382 e. The first-order chi connectivity index (χ1) is 9.96. The van der Waals surface area contributed by atoms with Gasteiger partial charge in [-0.15, -0.1) is 0 Å². The molecule has 0 spiro atoms. The first-order valence-corrected chi connectivity index (χ1v) is 6.84. The number of halogens is 1. The van der Waals surface area contributed by atoms with Gasteiger partial charge in [0.2, 0.25) is 0 Å². The minimum absolute atomic E-state index is 0.137.